The van der Waals surface area contributed by atoms with Crippen molar-refractivity contribution in [2.75, 3.05) is 5.43 Å². The molecule has 0 amide bonds. The topological polar surface area (TPSA) is 61.7 Å². The van der Waals surface area contributed by atoms with Crippen molar-refractivity contribution in [1.82, 2.24) is 0 Å². The molecule has 2 N–H and O–H groups in total. The van der Waals surface area contributed by atoms with E-state index in [9.17, 15) is 4.79 Å². The number of hydrazone groups is 1. The fourth-order valence-electron chi connectivity index (χ4n) is 1.67. The number of hydrogen-bond acceptors (Lipinski definition) is 3. The second-order valence-electron chi connectivity index (χ2n) is 4.31. The maximum atomic E-state index is 11.0. The summed E-state index contributed by atoms with van der Waals surface area (Å²) in [4.78, 5) is 11.0. The number of aromatic carboxylic acids is 1. The molecule has 0 radical (unpaired) electrons. The van der Waals surface area contributed by atoms with E-state index < -0.39 is 5.97 Å². The number of carbonyl (C=O) groups is 1. The van der Waals surface area contributed by atoms with Gasteiger partial charge in [-0.1, -0.05) is 41.9 Å². The van der Waals surface area contributed by atoms with Crippen molar-refractivity contribution in [3.8, 4) is 0 Å². The van der Waals surface area contributed by atoms with Crippen molar-refractivity contribution in [2.45, 2.75) is 0 Å². The molecule has 0 aliphatic carbocycles. The Hall–Kier alpha value is -2.11. The van der Waals surface area contributed by atoms with Gasteiger partial charge in [-0.15, -0.1) is 0 Å². The number of anilines is 1. The van der Waals surface area contributed by atoms with Crippen molar-refractivity contribution in [3.05, 3.63) is 69.2 Å². The Balaban J connectivity index is 2.05. The number of benzene rings is 2. The lowest BCUT2D eigenvalue weighted by Crippen LogP contribution is -1.99. The van der Waals surface area contributed by atoms with Crippen LogP contribution in [0.1, 0.15) is 15.9 Å². The van der Waals surface area contributed by atoms with Crippen LogP contribution in [0, 0.1) is 0 Å². The number of halogens is 2. The number of carboxylic acids is 1. The second kappa shape index (κ2) is 7.77. The molecule has 6 heteroatoms. The number of nitrogens with zero attached hydrogens (tertiary/aromatic N) is 1. The minimum Gasteiger partial charge on any atom is -0.478 e. The summed E-state index contributed by atoms with van der Waals surface area (Å²) in [7, 11) is 0. The molecule has 0 aliphatic heterocycles. The first-order chi connectivity index (χ1) is 10.6. The van der Waals surface area contributed by atoms with E-state index in [4.69, 9.17) is 16.7 Å². The van der Waals surface area contributed by atoms with E-state index in [1.54, 1.807) is 12.3 Å². The van der Waals surface area contributed by atoms with E-state index >= 15 is 0 Å². The van der Waals surface area contributed by atoms with Crippen LogP contribution in [0.4, 0.5) is 5.69 Å². The van der Waals surface area contributed by atoms with Gasteiger partial charge in [-0.05, 0) is 45.8 Å². The van der Waals surface area contributed by atoms with Gasteiger partial charge in [-0.3, -0.25) is 5.43 Å². The van der Waals surface area contributed by atoms with Gasteiger partial charge in [0.2, 0.25) is 0 Å². The molecule has 22 heavy (non-hydrogen) atoms. The molecule has 112 valence electrons. The molecule has 0 fully saturated rings. The first-order valence-electron chi connectivity index (χ1n) is 6.30. The predicted molar refractivity (Wildman–Crippen MR) is 93.9 cm³/mol. The fourth-order valence-corrected chi connectivity index (χ4v) is 2.24. The minimum absolute atomic E-state index is 0.0285. The third-order valence-corrected chi connectivity index (χ3v) is 3.45. The summed E-state index contributed by atoms with van der Waals surface area (Å²) in [6, 6.07) is 14.4. The van der Waals surface area contributed by atoms with E-state index in [1.807, 2.05) is 36.4 Å². The largest absolute Gasteiger partial charge is 0.478 e. The van der Waals surface area contributed by atoms with Crippen LogP contribution in [0.3, 0.4) is 0 Å². The van der Waals surface area contributed by atoms with Crippen molar-refractivity contribution in [3.63, 3.8) is 0 Å². The van der Waals surface area contributed by atoms with Gasteiger partial charge in [0.05, 0.1) is 22.5 Å². The molecule has 0 saturated carbocycles. The summed E-state index contributed by atoms with van der Waals surface area (Å²) in [5.41, 5.74) is 4.37. The minimum atomic E-state index is -1.08. The van der Waals surface area contributed by atoms with Crippen molar-refractivity contribution in [1.29, 1.82) is 0 Å². The lowest BCUT2D eigenvalue weighted by molar-refractivity contribution is 0.0697. The van der Waals surface area contributed by atoms with Gasteiger partial charge >= 0.3 is 5.97 Å². The van der Waals surface area contributed by atoms with Crippen molar-refractivity contribution < 1.29 is 9.90 Å². The zero-order valence-corrected chi connectivity index (χ0v) is 13.7. The predicted octanol–water partition coefficient (Wildman–Crippen LogP) is 4.87. The summed E-state index contributed by atoms with van der Waals surface area (Å²) < 4.78 is 0.777. The number of allylic oxidation sites excluding steroid dienone is 1. The van der Waals surface area contributed by atoms with E-state index in [0.717, 1.165) is 10.0 Å². The van der Waals surface area contributed by atoms with Gasteiger partial charge in [0, 0.05) is 4.48 Å². The molecule has 2 aromatic rings. The average Bonchev–Trinajstić information content (AvgIpc) is 2.49. The summed E-state index contributed by atoms with van der Waals surface area (Å²) >= 11 is 9.20. The van der Waals surface area contributed by atoms with Crippen LogP contribution in [-0.2, 0) is 0 Å². The van der Waals surface area contributed by atoms with Gasteiger partial charge in [-0.25, -0.2) is 4.79 Å². The second-order valence-corrected chi connectivity index (χ2v) is 5.63. The van der Waals surface area contributed by atoms with E-state index in [2.05, 4.69) is 26.5 Å². The SMILES string of the molecule is O=C(O)c1cc(N/N=C/C(Br)=Cc2ccccc2)ccc1Cl. The zero-order valence-electron chi connectivity index (χ0n) is 11.3. The number of hydrogen-bond donors (Lipinski definition) is 2. The number of rotatable bonds is 5. The van der Waals surface area contributed by atoms with Gasteiger partial charge in [0.1, 0.15) is 0 Å². The van der Waals surface area contributed by atoms with Crippen molar-refractivity contribution >= 4 is 51.5 Å². The van der Waals surface area contributed by atoms with E-state index in [1.165, 1.54) is 12.1 Å². The first-order valence-corrected chi connectivity index (χ1v) is 7.47. The lowest BCUT2D eigenvalue weighted by Gasteiger charge is -2.03. The van der Waals surface area contributed by atoms with Crippen LogP contribution in [0.5, 0.6) is 0 Å². The molecule has 0 saturated heterocycles. The molecule has 0 aromatic heterocycles. The maximum Gasteiger partial charge on any atom is 0.337 e. The summed E-state index contributed by atoms with van der Waals surface area (Å²) in [5, 5.41) is 13.2. The maximum absolute atomic E-state index is 11.0. The van der Waals surface area contributed by atoms with Crippen LogP contribution in [0.15, 0.2) is 58.1 Å². The molecule has 2 aromatic carbocycles. The molecule has 0 aliphatic rings. The molecule has 0 unspecified atom stereocenters. The highest BCUT2D eigenvalue weighted by molar-refractivity contribution is 9.12. The standard InChI is InChI=1S/C16H12BrClN2O2/c17-12(8-11-4-2-1-3-5-11)10-19-20-13-6-7-15(18)14(9-13)16(21)22/h1-10,20H,(H,21,22)/b12-8?,19-10+. The first kappa shape index (κ1) is 16.3. The van der Waals surface area contributed by atoms with Gasteiger partial charge in [0.25, 0.3) is 0 Å². The Morgan fingerprint density at radius 3 is 2.64 bits per heavy atom. The van der Waals surface area contributed by atoms with Crippen LogP contribution >= 0.6 is 27.5 Å². The monoisotopic (exact) mass is 378 g/mol. The fraction of sp³-hybridized carbons (Fsp3) is 0. The highest BCUT2D eigenvalue weighted by atomic mass is 79.9. The molecular weight excluding hydrogens is 368 g/mol. The van der Waals surface area contributed by atoms with Crippen LogP contribution in [0.2, 0.25) is 5.02 Å². The molecule has 0 atom stereocenters. The highest BCUT2D eigenvalue weighted by Crippen LogP contribution is 2.20. The Bertz CT molecular complexity index is 730. The number of carboxylic acid groups (broad SMARTS) is 1. The Morgan fingerprint density at radius 1 is 1.23 bits per heavy atom. The third-order valence-electron chi connectivity index (χ3n) is 2.68. The van der Waals surface area contributed by atoms with Crippen LogP contribution < -0.4 is 5.43 Å². The molecule has 2 rings (SSSR count). The summed E-state index contributed by atoms with van der Waals surface area (Å²) in [6.07, 6.45) is 3.50. The van der Waals surface area contributed by atoms with Crippen LogP contribution in [0.25, 0.3) is 6.08 Å². The molecule has 0 heterocycles. The molecule has 4 nitrogen and oxygen atoms in total. The van der Waals surface area contributed by atoms with Crippen LogP contribution in [-0.4, -0.2) is 17.3 Å². The third kappa shape index (κ3) is 4.72. The Morgan fingerprint density at radius 2 is 1.95 bits per heavy atom. The lowest BCUT2D eigenvalue weighted by atomic mass is 10.2. The van der Waals surface area contributed by atoms with E-state index in [-0.39, 0.29) is 10.6 Å². The quantitative estimate of drug-likeness (QED) is 0.575. The average molecular weight is 380 g/mol. The smallest absolute Gasteiger partial charge is 0.337 e. The molecule has 0 spiro atoms. The van der Waals surface area contributed by atoms with Crippen molar-refractivity contribution in [2.24, 2.45) is 5.10 Å². The summed E-state index contributed by atoms with van der Waals surface area (Å²) in [5.74, 6) is -1.08. The van der Waals surface area contributed by atoms with Gasteiger partial charge < -0.3 is 5.11 Å². The Labute approximate surface area is 141 Å². The Kier molecular flexibility index (Phi) is 5.75. The number of nitrogens with one attached hydrogen (secondary N) is 1. The molecular formula is C16H12BrClN2O2. The van der Waals surface area contributed by atoms with Gasteiger partial charge in [0.15, 0.2) is 0 Å². The molecule has 0 bridgehead atoms. The van der Waals surface area contributed by atoms with Gasteiger partial charge in [-0.2, -0.15) is 5.10 Å². The summed E-state index contributed by atoms with van der Waals surface area (Å²) in [6.45, 7) is 0. The normalized spacial score (nSPS) is 11.6. The highest BCUT2D eigenvalue weighted by Gasteiger charge is 2.08. The van der Waals surface area contributed by atoms with E-state index in [0.29, 0.717) is 5.69 Å². The zero-order chi connectivity index (χ0) is 15.9.